The maximum Gasteiger partial charge on any atom is 0.346 e. The molecule has 1 aliphatic heterocycles. The number of methoxy groups -OCH3 is 1. The highest BCUT2D eigenvalue weighted by Gasteiger charge is 2.33. The summed E-state index contributed by atoms with van der Waals surface area (Å²) in [5, 5.41) is 0. The highest BCUT2D eigenvalue weighted by molar-refractivity contribution is 8.27. The number of carbonyl (C=O) groups is 2. The third-order valence-corrected chi connectivity index (χ3v) is 5.96. The molecule has 0 N–H and O–H groups in total. The first-order chi connectivity index (χ1) is 15.9. The summed E-state index contributed by atoms with van der Waals surface area (Å²) in [7, 11) is 1.40. The van der Waals surface area contributed by atoms with Crippen LogP contribution >= 0.6 is 24.0 Å². The SMILES string of the molecule is COc1cc(C=C2SC(=S)N(c3ccc(F)cc3)C2=O)ccc1OC(=O)c1ccccc1F. The summed E-state index contributed by atoms with van der Waals surface area (Å²) in [6.45, 7) is 0. The average molecular weight is 484 g/mol. The number of hydrogen-bond donors (Lipinski definition) is 0. The van der Waals surface area contributed by atoms with Gasteiger partial charge >= 0.3 is 5.97 Å². The van der Waals surface area contributed by atoms with Gasteiger partial charge in [-0.15, -0.1) is 0 Å². The molecule has 0 aliphatic carbocycles. The zero-order valence-corrected chi connectivity index (χ0v) is 18.7. The van der Waals surface area contributed by atoms with Crippen LogP contribution in [0.1, 0.15) is 15.9 Å². The molecule has 1 saturated heterocycles. The standard InChI is InChI=1S/C24H15F2NO4S2/c1-30-20-12-14(6-11-19(20)31-23(29)17-4-2-3-5-18(17)26)13-21-22(28)27(24(32)33-21)16-9-7-15(25)8-10-16/h2-13H,1H3. The lowest BCUT2D eigenvalue weighted by Gasteiger charge is -2.14. The fourth-order valence-corrected chi connectivity index (χ4v) is 4.37. The molecule has 0 bridgehead atoms. The first-order valence-corrected chi connectivity index (χ1v) is 10.8. The van der Waals surface area contributed by atoms with Crippen molar-refractivity contribution in [1.82, 2.24) is 0 Å². The zero-order chi connectivity index (χ0) is 23.5. The van der Waals surface area contributed by atoms with Gasteiger partial charge in [-0.1, -0.05) is 42.2 Å². The molecule has 4 rings (SSSR count). The Morgan fingerprint density at radius 2 is 1.76 bits per heavy atom. The van der Waals surface area contributed by atoms with Crippen molar-refractivity contribution >= 4 is 51.9 Å². The smallest absolute Gasteiger partial charge is 0.346 e. The van der Waals surface area contributed by atoms with E-state index in [1.54, 1.807) is 18.2 Å². The summed E-state index contributed by atoms with van der Waals surface area (Å²) in [4.78, 5) is 26.9. The number of nitrogens with zero attached hydrogens (tertiary/aromatic N) is 1. The Labute approximate surface area is 197 Å². The molecular weight excluding hydrogens is 468 g/mol. The first-order valence-electron chi connectivity index (χ1n) is 9.55. The van der Waals surface area contributed by atoms with Crippen LogP contribution in [-0.2, 0) is 4.79 Å². The van der Waals surface area contributed by atoms with Crippen LogP contribution in [0.3, 0.4) is 0 Å². The normalized spacial score (nSPS) is 14.6. The summed E-state index contributed by atoms with van der Waals surface area (Å²) in [6, 6.07) is 15.6. The van der Waals surface area contributed by atoms with Crippen LogP contribution in [0, 0.1) is 11.6 Å². The van der Waals surface area contributed by atoms with Crippen LogP contribution in [0.15, 0.2) is 71.6 Å². The van der Waals surface area contributed by atoms with Gasteiger partial charge in [0.15, 0.2) is 15.8 Å². The third-order valence-electron chi connectivity index (χ3n) is 4.66. The van der Waals surface area contributed by atoms with Gasteiger partial charge in [0.05, 0.1) is 23.3 Å². The molecular formula is C24H15F2NO4S2. The number of carbonyl (C=O) groups excluding carboxylic acids is 2. The number of benzene rings is 3. The number of anilines is 1. The molecule has 0 radical (unpaired) electrons. The van der Waals surface area contributed by atoms with Gasteiger partial charge in [-0.25, -0.2) is 13.6 Å². The predicted octanol–water partition coefficient (Wildman–Crippen LogP) is 5.60. The number of thiocarbonyl (C=S) groups is 1. The number of thioether (sulfide) groups is 1. The maximum atomic E-state index is 13.9. The summed E-state index contributed by atoms with van der Waals surface area (Å²) < 4.78 is 38.0. The number of hydrogen-bond acceptors (Lipinski definition) is 6. The van der Waals surface area contributed by atoms with E-state index >= 15 is 0 Å². The van der Waals surface area contributed by atoms with Crippen LogP contribution in [0.5, 0.6) is 11.5 Å². The monoisotopic (exact) mass is 483 g/mol. The third kappa shape index (κ3) is 4.79. The van der Waals surface area contributed by atoms with Gasteiger partial charge in [-0.3, -0.25) is 9.69 Å². The van der Waals surface area contributed by atoms with Crippen molar-refractivity contribution < 1.29 is 27.8 Å². The van der Waals surface area contributed by atoms with Crippen molar-refractivity contribution in [3.63, 3.8) is 0 Å². The molecule has 0 spiro atoms. The molecule has 5 nitrogen and oxygen atoms in total. The lowest BCUT2D eigenvalue weighted by molar-refractivity contribution is -0.113. The van der Waals surface area contributed by atoms with Gasteiger partial charge in [0.25, 0.3) is 5.91 Å². The molecule has 33 heavy (non-hydrogen) atoms. The molecule has 1 fully saturated rings. The van der Waals surface area contributed by atoms with Crippen molar-refractivity contribution in [2.75, 3.05) is 12.0 Å². The summed E-state index contributed by atoms with van der Waals surface area (Å²) in [6.07, 6.45) is 1.62. The van der Waals surface area contributed by atoms with E-state index in [4.69, 9.17) is 21.7 Å². The second kappa shape index (κ2) is 9.51. The van der Waals surface area contributed by atoms with Crippen molar-refractivity contribution in [3.05, 3.63) is 94.4 Å². The van der Waals surface area contributed by atoms with E-state index in [-0.39, 0.29) is 23.0 Å². The summed E-state index contributed by atoms with van der Waals surface area (Å²) in [5.41, 5.74) is 0.862. The Kier molecular flexibility index (Phi) is 6.52. The molecule has 0 aromatic heterocycles. The highest BCUT2D eigenvalue weighted by atomic mass is 32.2. The Morgan fingerprint density at radius 1 is 1.03 bits per heavy atom. The molecule has 3 aromatic rings. The van der Waals surface area contributed by atoms with Gasteiger partial charge in [-0.05, 0) is 60.2 Å². The molecule has 166 valence electrons. The van der Waals surface area contributed by atoms with Gasteiger partial charge in [-0.2, -0.15) is 0 Å². The van der Waals surface area contributed by atoms with E-state index in [1.165, 1.54) is 66.6 Å². The van der Waals surface area contributed by atoms with Crippen molar-refractivity contribution in [1.29, 1.82) is 0 Å². The van der Waals surface area contributed by atoms with E-state index in [0.717, 1.165) is 11.8 Å². The summed E-state index contributed by atoms with van der Waals surface area (Å²) >= 11 is 6.43. The summed E-state index contributed by atoms with van der Waals surface area (Å²) in [5.74, 6) is -1.99. The van der Waals surface area contributed by atoms with E-state index < -0.39 is 17.6 Å². The lowest BCUT2D eigenvalue weighted by Crippen LogP contribution is -2.27. The first kappa shape index (κ1) is 22.6. The molecule has 0 unspecified atom stereocenters. The number of halogens is 2. The fraction of sp³-hybridized carbons (Fsp3) is 0.0417. The van der Waals surface area contributed by atoms with Crippen molar-refractivity contribution in [3.8, 4) is 11.5 Å². The van der Waals surface area contributed by atoms with E-state index in [9.17, 15) is 18.4 Å². The molecule has 9 heteroatoms. The van der Waals surface area contributed by atoms with Gasteiger partial charge in [0.2, 0.25) is 0 Å². The molecule has 0 saturated carbocycles. The van der Waals surface area contributed by atoms with Gasteiger partial charge in [0.1, 0.15) is 11.6 Å². The lowest BCUT2D eigenvalue weighted by atomic mass is 10.1. The fourth-order valence-electron chi connectivity index (χ4n) is 3.07. The van der Waals surface area contributed by atoms with Crippen LogP contribution < -0.4 is 14.4 Å². The molecule has 3 aromatic carbocycles. The van der Waals surface area contributed by atoms with E-state index in [1.807, 2.05) is 0 Å². The second-order valence-corrected chi connectivity index (χ2v) is 8.45. The molecule has 0 atom stereocenters. The average Bonchev–Trinajstić information content (AvgIpc) is 3.08. The topological polar surface area (TPSA) is 55.8 Å². The van der Waals surface area contributed by atoms with Gasteiger partial charge in [0, 0.05) is 0 Å². The minimum atomic E-state index is -0.862. The number of amides is 1. The van der Waals surface area contributed by atoms with Crippen LogP contribution in [0.2, 0.25) is 0 Å². The minimum absolute atomic E-state index is 0.0989. The van der Waals surface area contributed by atoms with Gasteiger partial charge < -0.3 is 9.47 Å². The number of ether oxygens (including phenoxy) is 2. The predicted molar refractivity (Wildman–Crippen MR) is 126 cm³/mol. The Bertz CT molecular complexity index is 1290. The number of esters is 1. The molecule has 1 aliphatic rings. The highest BCUT2D eigenvalue weighted by Crippen LogP contribution is 2.37. The quantitative estimate of drug-likeness (QED) is 0.204. The van der Waals surface area contributed by atoms with Crippen molar-refractivity contribution in [2.24, 2.45) is 0 Å². The van der Waals surface area contributed by atoms with Crippen LogP contribution in [0.25, 0.3) is 6.08 Å². The second-order valence-electron chi connectivity index (χ2n) is 6.77. The van der Waals surface area contributed by atoms with E-state index in [2.05, 4.69) is 0 Å². The minimum Gasteiger partial charge on any atom is -0.493 e. The Balaban J connectivity index is 1.57. The molecule has 1 amide bonds. The zero-order valence-electron chi connectivity index (χ0n) is 17.1. The van der Waals surface area contributed by atoms with E-state index in [0.29, 0.717) is 20.5 Å². The maximum absolute atomic E-state index is 13.9. The Morgan fingerprint density at radius 3 is 2.45 bits per heavy atom. The van der Waals surface area contributed by atoms with Crippen LogP contribution in [-0.4, -0.2) is 23.3 Å². The van der Waals surface area contributed by atoms with Crippen LogP contribution in [0.4, 0.5) is 14.5 Å². The molecule has 1 heterocycles. The largest absolute Gasteiger partial charge is 0.493 e. The Hall–Kier alpha value is -3.56. The number of rotatable bonds is 5. The van der Waals surface area contributed by atoms with Crippen molar-refractivity contribution in [2.45, 2.75) is 0 Å².